The fourth-order valence-electron chi connectivity index (χ4n) is 2.08. The first-order valence-electron chi connectivity index (χ1n) is 5.91. The minimum atomic E-state index is -0.346. The molecule has 2 rings (SSSR count). The Bertz CT molecular complexity index is 453. The maximum Gasteiger partial charge on any atom is 0.340 e. The van der Waals surface area contributed by atoms with Crippen molar-refractivity contribution in [3.8, 4) is 0 Å². The smallest absolute Gasteiger partial charge is 0.340 e. The minimum absolute atomic E-state index is 0.0358. The number of hydrogen-bond acceptors (Lipinski definition) is 3. The normalized spacial score (nSPS) is 20.7. The van der Waals surface area contributed by atoms with E-state index in [9.17, 15) is 4.79 Å². The Kier molecular flexibility index (Phi) is 4.65. The molecule has 0 amide bonds. The zero-order valence-electron chi connectivity index (χ0n) is 10.2. The Morgan fingerprint density at radius 1 is 1.56 bits per heavy atom. The Morgan fingerprint density at radius 2 is 2.33 bits per heavy atom. The molecule has 1 fully saturated rings. The fourth-order valence-corrected chi connectivity index (χ4v) is 2.64. The number of ether oxygens (including phenoxy) is 1. The van der Waals surface area contributed by atoms with E-state index in [0.717, 1.165) is 30.4 Å². The summed E-state index contributed by atoms with van der Waals surface area (Å²) in [6, 6.07) is 5.18. The highest BCUT2D eigenvalue weighted by Gasteiger charge is 2.22. The largest absolute Gasteiger partial charge is 0.457 e. The number of likely N-dealkylation sites (tertiary alicyclic amines) is 1. The molecule has 0 radical (unpaired) electrons. The SMILES string of the molecule is CN1CCC[C@H](OC(=O)c2cc(Br)ccc2Cl)C1. The highest BCUT2D eigenvalue weighted by atomic mass is 79.9. The number of carbonyl (C=O) groups excluding carboxylic acids is 1. The molecule has 0 spiro atoms. The zero-order chi connectivity index (χ0) is 13.1. The van der Waals surface area contributed by atoms with E-state index in [0.29, 0.717) is 10.6 Å². The van der Waals surface area contributed by atoms with Crippen LogP contribution >= 0.6 is 27.5 Å². The van der Waals surface area contributed by atoms with E-state index >= 15 is 0 Å². The number of likely N-dealkylation sites (N-methyl/N-ethyl adjacent to an activating group) is 1. The minimum Gasteiger partial charge on any atom is -0.457 e. The van der Waals surface area contributed by atoms with Gasteiger partial charge < -0.3 is 9.64 Å². The third-order valence-electron chi connectivity index (χ3n) is 3.00. The Labute approximate surface area is 120 Å². The summed E-state index contributed by atoms with van der Waals surface area (Å²) in [6.45, 7) is 1.85. The maximum absolute atomic E-state index is 12.0. The maximum atomic E-state index is 12.0. The summed E-state index contributed by atoms with van der Waals surface area (Å²) in [5.74, 6) is -0.346. The predicted octanol–water partition coefficient (Wildman–Crippen LogP) is 3.35. The summed E-state index contributed by atoms with van der Waals surface area (Å²) in [7, 11) is 2.03. The molecule has 0 unspecified atom stereocenters. The van der Waals surface area contributed by atoms with Crippen LogP contribution in [-0.4, -0.2) is 37.1 Å². The van der Waals surface area contributed by atoms with Crippen molar-refractivity contribution in [2.45, 2.75) is 18.9 Å². The second-order valence-electron chi connectivity index (χ2n) is 4.56. The summed E-state index contributed by atoms with van der Waals surface area (Å²) in [4.78, 5) is 14.2. The van der Waals surface area contributed by atoms with Gasteiger partial charge in [0.25, 0.3) is 0 Å². The molecule has 0 aliphatic carbocycles. The molecule has 3 nitrogen and oxygen atoms in total. The zero-order valence-corrected chi connectivity index (χ0v) is 12.5. The molecule has 1 aliphatic heterocycles. The van der Waals surface area contributed by atoms with Crippen molar-refractivity contribution >= 4 is 33.5 Å². The van der Waals surface area contributed by atoms with Crippen molar-refractivity contribution in [3.63, 3.8) is 0 Å². The predicted molar refractivity (Wildman–Crippen MR) is 75.1 cm³/mol. The van der Waals surface area contributed by atoms with E-state index in [2.05, 4.69) is 20.8 Å². The van der Waals surface area contributed by atoms with Crippen LogP contribution in [0.5, 0.6) is 0 Å². The van der Waals surface area contributed by atoms with Gasteiger partial charge in [0.15, 0.2) is 0 Å². The molecule has 18 heavy (non-hydrogen) atoms. The molecule has 1 saturated heterocycles. The van der Waals surface area contributed by atoms with Crippen LogP contribution < -0.4 is 0 Å². The van der Waals surface area contributed by atoms with E-state index in [4.69, 9.17) is 16.3 Å². The van der Waals surface area contributed by atoms with Gasteiger partial charge in [-0.15, -0.1) is 0 Å². The molecule has 1 aromatic rings. The topological polar surface area (TPSA) is 29.5 Å². The molecule has 0 N–H and O–H groups in total. The van der Waals surface area contributed by atoms with Gasteiger partial charge in [-0.3, -0.25) is 0 Å². The van der Waals surface area contributed by atoms with E-state index in [1.54, 1.807) is 18.2 Å². The van der Waals surface area contributed by atoms with E-state index in [1.807, 2.05) is 7.05 Å². The molecule has 1 aliphatic rings. The number of esters is 1. The highest BCUT2D eigenvalue weighted by Crippen LogP contribution is 2.23. The second-order valence-corrected chi connectivity index (χ2v) is 5.88. The van der Waals surface area contributed by atoms with Gasteiger partial charge in [0.1, 0.15) is 6.10 Å². The van der Waals surface area contributed by atoms with E-state index in [-0.39, 0.29) is 12.1 Å². The molecule has 98 valence electrons. The van der Waals surface area contributed by atoms with Gasteiger partial charge in [-0.25, -0.2) is 4.79 Å². The third-order valence-corrected chi connectivity index (χ3v) is 3.83. The van der Waals surface area contributed by atoms with Gasteiger partial charge in [-0.2, -0.15) is 0 Å². The molecule has 1 atom stereocenters. The first-order valence-corrected chi connectivity index (χ1v) is 7.08. The van der Waals surface area contributed by atoms with Gasteiger partial charge in [0.2, 0.25) is 0 Å². The van der Waals surface area contributed by atoms with Crippen molar-refractivity contribution in [3.05, 3.63) is 33.3 Å². The lowest BCUT2D eigenvalue weighted by molar-refractivity contribution is 0.0109. The van der Waals surface area contributed by atoms with Crippen molar-refractivity contribution < 1.29 is 9.53 Å². The summed E-state index contributed by atoms with van der Waals surface area (Å²) in [5, 5.41) is 0.423. The van der Waals surface area contributed by atoms with Gasteiger partial charge in [-0.1, -0.05) is 27.5 Å². The second kappa shape index (κ2) is 6.04. The van der Waals surface area contributed by atoms with Crippen molar-refractivity contribution in [2.75, 3.05) is 20.1 Å². The summed E-state index contributed by atoms with van der Waals surface area (Å²) in [5.41, 5.74) is 0.416. The lowest BCUT2D eigenvalue weighted by atomic mass is 10.1. The fraction of sp³-hybridized carbons (Fsp3) is 0.462. The van der Waals surface area contributed by atoms with Crippen molar-refractivity contribution in [1.82, 2.24) is 4.90 Å². The molecule has 1 heterocycles. The summed E-state index contributed by atoms with van der Waals surface area (Å²) >= 11 is 9.33. The molecule has 0 saturated carbocycles. The van der Waals surface area contributed by atoms with Crippen LogP contribution in [-0.2, 0) is 4.74 Å². The monoisotopic (exact) mass is 331 g/mol. The van der Waals surface area contributed by atoms with Crippen LogP contribution in [0.25, 0.3) is 0 Å². The number of hydrogen-bond donors (Lipinski definition) is 0. The first-order chi connectivity index (χ1) is 8.56. The van der Waals surface area contributed by atoms with Gasteiger partial charge >= 0.3 is 5.97 Å². The van der Waals surface area contributed by atoms with Crippen LogP contribution in [0.1, 0.15) is 23.2 Å². The molecular formula is C13H15BrClNO2. The Morgan fingerprint density at radius 3 is 3.06 bits per heavy atom. The lowest BCUT2D eigenvalue weighted by Crippen LogP contribution is -2.38. The van der Waals surface area contributed by atoms with Crippen LogP contribution in [0.2, 0.25) is 5.02 Å². The number of halogens is 2. The standard InChI is InChI=1S/C13H15BrClNO2/c1-16-6-2-3-10(8-16)18-13(17)11-7-9(14)4-5-12(11)15/h4-5,7,10H,2-3,6,8H2,1H3/t10-/m0/s1. The lowest BCUT2D eigenvalue weighted by Gasteiger charge is -2.29. The summed E-state index contributed by atoms with van der Waals surface area (Å²) in [6.07, 6.45) is 1.94. The van der Waals surface area contributed by atoms with Crippen LogP contribution in [0.4, 0.5) is 0 Å². The van der Waals surface area contributed by atoms with Gasteiger partial charge in [0.05, 0.1) is 10.6 Å². The molecular weight excluding hydrogens is 318 g/mol. The average Bonchev–Trinajstić information content (AvgIpc) is 2.32. The number of piperidine rings is 1. The van der Waals surface area contributed by atoms with E-state index < -0.39 is 0 Å². The summed E-state index contributed by atoms with van der Waals surface area (Å²) < 4.78 is 6.32. The number of benzene rings is 1. The van der Waals surface area contributed by atoms with Crippen LogP contribution in [0, 0.1) is 0 Å². The van der Waals surface area contributed by atoms with Crippen LogP contribution in [0.3, 0.4) is 0 Å². The number of nitrogens with zero attached hydrogens (tertiary/aromatic N) is 1. The van der Waals surface area contributed by atoms with Crippen molar-refractivity contribution in [2.24, 2.45) is 0 Å². The molecule has 5 heteroatoms. The number of rotatable bonds is 2. The third kappa shape index (κ3) is 3.46. The first kappa shape index (κ1) is 13.8. The Balaban J connectivity index is 2.05. The van der Waals surface area contributed by atoms with Crippen molar-refractivity contribution in [1.29, 1.82) is 0 Å². The highest BCUT2D eigenvalue weighted by molar-refractivity contribution is 9.10. The quantitative estimate of drug-likeness (QED) is 0.778. The molecule has 1 aromatic carbocycles. The van der Waals surface area contributed by atoms with Crippen LogP contribution in [0.15, 0.2) is 22.7 Å². The molecule has 0 bridgehead atoms. The Hall–Kier alpha value is -0.580. The van der Waals surface area contributed by atoms with E-state index in [1.165, 1.54) is 0 Å². The van der Waals surface area contributed by atoms with Gasteiger partial charge in [0, 0.05) is 11.0 Å². The average molecular weight is 333 g/mol. The number of carbonyl (C=O) groups is 1. The molecule has 0 aromatic heterocycles. The van der Waals surface area contributed by atoms with Gasteiger partial charge in [-0.05, 0) is 44.6 Å².